The van der Waals surface area contributed by atoms with E-state index in [9.17, 15) is 0 Å². The zero-order chi connectivity index (χ0) is 10.1. The van der Waals surface area contributed by atoms with Crippen LogP contribution in [-0.4, -0.2) is 7.11 Å². The van der Waals surface area contributed by atoms with Gasteiger partial charge in [0.2, 0.25) is 0 Å². The van der Waals surface area contributed by atoms with Crippen molar-refractivity contribution in [2.24, 2.45) is 0 Å². The Balaban J connectivity index is 2.76. The summed E-state index contributed by atoms with van der Waals surface area (Å²) in [5, 5.41) is 10.6. The zero-order valence-electron chi connectivity index (χ0n) is 7.57. The molecule has 0 aliphatic carbocycles. The van der Waals surface area contributed by atoms with E-state index < -0.39 is 0 Å². The molecule has 0 atom stereocenters. The van der Waals surface area contributed by atoms with E-state index in [2.05, 4.69) is 6.07 Å². The van der Waals surface area contributed by atoms with Crippen LogP contribution < -0.4 is 10.5 Å². The van der Waals surface area contributed by atoms with Gasteiger partial charge in [-0.25, -0.2) is 0 Å². The second-order valence-corrected chi connectivity index (χ2v) is 3.97. The summed E-state index contributed by atoms with van der Waals surface area (Å²) in [4.78, 5) is 0. The average molecular weight is 204 g/mol. The van der Waals surface area contributed by atoms with E-state index in [0.29, 0.717) is 11.3 Å². The molecule has 14 heavy (non-hydrogen) atoms. The number of nitrogens with two attached hydrogens (primary N) is 1. The first kappa shape index (κ1) is 8.85. The van der Waals surface area contributed by atoms with Crippen molar-refractivity contribution in [2.75, 3.05) is 12.8 Å². The molecule has 0 unspecified atom stereocenters. The minimum atomic E-state index is 0.543. The normalized spacial score (nSPS) is 10.0. The van der Waals surface area contributed by atoms with Gasteiger partial charge in [-0.3, -0.25) is 0 Å². The van der Waals surface area contributed by atoms with Crippen LogP contribution in [0.25, 0.3) is 10.1 Å². The first-order chi connectivity index (χ1) is 6.74. The van der Waals surface area contributed by atoms with Gasteiger partial charge in [0.15, 0.2) is 0 Å². The largest absolute Gasteiger partial charge is 0.495 e. The number of fused-ring (bicyclic) bond motifs is 1. The molecular weight excluding hydrogens is 196 g/mol. The van der Waals surface area contributed by atoms with Crippen molar-refractivity contribution < 1.29 is 4.74 Å². The summed E-state index contributed by atoms with van der Waals surface area (Å²) in [5.41, 5.74) is 6.21. The molecule has 2 N–H and O–H groups in total. The highest BCUT2D eigenvalue weighted by Crippen LogP contribution is 2.32. The molecule has 0 aliphatic heterocycles. The van der Waals surface area contributed by atoms with Gasteiger partial charge in [-0.05, 0) is 23.6 Å². The summed E-state index contributed by atoms with van der Waals surface area (Å²) < 4.78 is 6.11. The number of hydrogen-bond donors (Lipinski definition) is 1. The third-order valence-corrected chi connectivity index (χ3v) is 2.90. The standard InChI is InChI=1S/C10H8N2OS/c1-13-8-2-6-4-10(12)14-9(6)3-7(8)5-11/h2-4H,12H2,1H3. The van der Waals surface area contributed by atoms with Crippen LogP contribution in [0.4, 0.5) is 5.00 Å². The van der Waals surface area contributed by atoms with Crippen LogP contribution in [0.1, 0.15) is 5.56 Å². The number of hydrogen-bond acceptors (Lipinski definition) is 4. The van der Waals surface area contributed by atoms with E-state index in [1.807, 2.05) is 12.1 Å². The Labute approximate surface area is 85.3 Å². The van der Waals surface area contributed by atoms with Crippen LogP contribution in [0, 0.1) is 11.3 Å². The Bertz CT molecular complexity index is 525. The first-order valence-corrected chi connectivity index (χ1v) is 4.83. The number of anilines is 1. The molecule has 3 nitrogen and oxygen atoms in total. The number of nitrogen functional groups attached to an aromatic ring is 1. The molecule has 70 valence electrons. The predicted molar refractivity (Wildman–Crippen MR) is 57.5 cm³/mol. The molecule has 0 amide bonds. The summed E-state index contributed by atoms with van der Waals surface area (Å²) >= 11 is 1.47. The van der Waals surface area contributed by atoms with Gasteiger partial charge in [0, 0.05) is 4.70 Å². The second kappa shape index (κ2) is 3.20. The quantitative estimate of drug-likeness (QED) is 0.775. The predicted octanol–water partition coefficient (Wildman–Crippen LogP) is 2.36. The van der Waals surface area contributed by atoms with Gasteiger partial charge in [0.1, 0.15) is 11.8 Å². The Morgan fingerprint density at radius 3 is 2.86 bits per heavy atom. The number of ether oxygens (including phenoxy) is 1. The van der Waals surface area contributed by atoms with E-state index in [1.165, 1.54) is 11.3 Å². The molecule has 0 fully saturated rings. The van der Waals surface area contributed by atoms with Gasteiger partial charge >= 0.3 is 0 Å². The van der Waals surface area contributed by atoms with Crippen molar-refractivity contribution in [1.29, 1.82) is 5.26 Å². The van der Waals surface area contributed by atoms with Crippen molar-refractivity contribution in [3.63, 3.8) is 0 Å². The SMILES string of the molecule is COc1cc2cc(N)sc2cc1C#N. The molecule has 2 aromatic rings. The maximum atomic E-state index is 8.86. The molecule has 0 saturated heterocycles. The van der Waals surface area contributed by atoms with E-state index in [1.54, 1.807) is 13.2 Å². The average Bonchev–Trinajstić information content (AvgIpc) is 2.54. The van der Waals surface area contributed by atoms with Gasteiger partial charge in [-0.2, -0.15) is 5.26 Å². The minimum absolute atomic E-state index is 0.543. The van der Waals surface area contributed by atoms with E-state index in [0.717, 1.165) is 15.1 Å². The lowest BCUT2D eigenvalue weighted by molar-refractivity contribution is 0.414. The maximum Gasteiger partial charge on any atom is 0.137 e. The van der Waals surface area contributed by atoms with E-state index in [4.69, 9.17) is 15.7 Å². The van der Waals surface area contributed by atoms with Crippen LogP contribution >= 0.6 is 11.3 Å². The van der Waals surface area contributed by atoms with Crippen molar-refractivity contribution in [3.8, 4) is 11.8 Å². The number of nitrogens with zero attached hydrogens (tertiary/aromatic N) is 1. The summed E-state index contributed by atoms with van der Waals surface area (Å²) in [6.45, 7) is 0. The molecule has 1 heterocycles. The lowest BCUT2D eigenvalue weighted by atomic mass is 10.1. The van der Waals surface area contributed by atoms with Crippen molar-refractivity contribution in [3.05, 3.63) is 23.8 Å². The third kappa shape index (κ3) is 1.28. The molecule has 0 aliphatic rings. The fraction of sp³-hybridized carbons (Fsp3) is 0.100. The molecule has 0 saturated carbocycles. The number of methoxy groups -OCH3 is 1. The van der Waals surface area contributed by atoms with Gasteiger partial charge in [0.25, 0.3) is 0 Å². The van der Waals surface area contributed by atoms with Crippen molar-refractivity contribution in [2.45, 2.75) is 0 Å². The molecular formula is C10H8N2OS. The molecule has 2 rings (SSSR count). The molecule has 1 aromatic heterocycles. The number of nitriles is 1. The Morgan fingerprint density at radius 1 is 1.43 bits per heavy atom. The van der Waals surface area contributed by atoms with Crippen LogP contribution in [0.5, 0.6) is 5.75 Å². The van der Waals surface area contributed by atoms with E-state index in [-0.39, 0.29) is 0 Å². The highest BCUT2D eigenvalue weighted by Gasteiger charge is 2.06. The summed E-state index contributed by atoms with van der Waals surface area (Å²) in [6, 6.07) is 7.60. The van der Waals surface area contributed by atoms with Gasteiger partial charge in [-0.15, -0.1) is 11.3 Å². The Hall–Kier alpha value is -1.73. The highest BCUT2D eigenvalue weighted by atomic mass is 32.1. The lowest BCUT2D eigenvalue weighted by Crippen LogP contribution is -1.86. The molecule has 0 spiro atoms. The van der Waals surface area contributed by atoms with Crippen LogP contribution in [0.2, 0.25) is 0 Å². The third-order valence-electron chi connectivity index (χ3n) is 1.98. The van der Waals surface area contributed by atoms with Gasteiger partial charge < -0.3 is 10.5 Å². The highest BCUT2D eigenvalue weighted by molar-refractivity contribution is 7.22. The summed E-state index contributed by atoms with van der Waals surface area (Å²) in [6.07, 6.45) is 0. The molecule has 0 radical (unpaired) electrons. The molecule has 4 heteroatoms. The Morgan fingerprint density at radius 2 is 2.21 bits per heavy atom. The fourth-order valence-corrected chi connectivity index (χ4v) is 2.20. The van der Waals surface area contributed by atoms with Crippen LogP contribution in [0.15, 0.2) is 18.2 Å². The van der Waals surface area contributed by atoms with Crippen molar-refractivity contribution >= 4 is 26.4 Å². The number of benzene rings is 1. The number of rotatable bonds is 1. The number of thiophene rings is 1. The van der Waals surface area contributed by atoms with Crippen molar-refractivity contribution in [1.82, 2.24) is 0 Å². The van der Waals surface area contributed by atoms with E-state index >= 15 is 0 Å². The van der Waals surface area contributed by atoms with Crippen LogP contribution in [-0.2, 0) is 0 Å². The zero-order valence-corrected chi connectivity index (χ0v) is 8.39. The second-order valence-electron chi connectivity index (χ2n) is 2.85. The van der Waals surface area contributed by atoms with Gasteiger partial charge in [0.05, 0.1) is 17.7 Å². The molecule has 1 aromatic carbocycles. The topological polar surface area (TPSA) is 59.0 Å². The Kier molecular flexibility index (Phi) is 2.02. The summed E-state index contributed by atoms with van der Waals surface area (Å²) in [5.74, 6) is 0.595. The summed E-state index contributed by atoms with van der Waals surface area (Å²) in [7, 11) is 1.55. The first-order valence-electron chi connectivity index (χ1n) is 4.01. The maximum absolute atomic E-state index is 8.86. The van der Waals surface area contributed by atoms with Gasteiger partial charge in [-0.1, -0.05) is 0 Å². The monoisotopic (exact) mass is 204 g/mol. The fourth-order valence-electron chi connectivity index (χ4n) is 1.34. The van der Waals surface area contributed by atoms with Crippen LogP contribution in [0.3, 0.4) is 0 Å². The minimum Gasteiger partial charge on any atom is -0.495 e. The molecule has 0 bridgehead atoms. The lowest BCUT2D eigenvalue weighted by Gasteiger charge is -2.01. The smallest absolute Gasteiger partial charge is 0.137 e.